The van der Waals surface area contributed by atoms with Gasteiger partial charge in [0, 0.05) is 16.7 Å². The van der Waals surface area contributed by atoms with Crippen molar-refractivity contribution in [1.82, 2.24) is 4.98 Å². The van der Waals surface area contributed by atoms with Gasteiger partial charge in [0.05, 0.1) is 5.69 Å². The molecule has 3 atom stereocenters. The molecule has 1 aromatic rings. The van der Waals surface area contributed by atoms with Crippen molar-refractivity contribution < 1.29 is 0 Å². The van der Waals surface area contributed by atoms with E-state index in [2.05, 4.69) is 40.1 Å². The zero-order valence-electron chi connectivity index (χ0n) is 9.70. The Hall–Kier alpha value is -0.770. The Bertz CT molecular complexity index is 381. The van der Waals surface area contributed by atoms with Crippen LogP contribution in [0.4, 0.5) is 11.5 Å². The quantitative estimate of drug-likeness (QED) is 0.876. The van der Waals surface area contributed by atoms with E-state index in [0.717, 1.165) is 16.2 Å². The van der Waals surface area contributed by atoms with Crippen molar-refractivity contribution in [2.45, 2.75) is 32.7 Å². The number of nitrogen functional groups attached to an aromatic ring is 1. The smallest absolute Gasteiger partial charge is 0.149 e. The lowest BCUT2D eigenvalue weighted by atomic mass is 9.98. The highest BCUT2D eigenvalue weighted by molar-refractivity contribution is 9.10. The predicted octanol–water partition coefficient (Wildman–Crippen LogP) is 3.27. The predicted molar refractivity (Wildman–Crippen MR) is 71.3 cm³/mol. The Morgan fingerprint density at radius 3 is 2.75 bits per heavy atom. The van der Waals surface area contributed by atoms with Gasteiger partial charge < -0.3 is 11.1 Å². The van der Waals surface area contributed by atoms with Crippen LogP contribution in [0, 0.1) is 11.8 Å². The molecule has 4 heteroatoms. The summed E-state index contributed by atoms with van der Waals surface area (Å²) >= 11 is 3.36. The second-order valence-corrected chi connectivity index (χ2v) is 5.67. The molecule has 0 aliphatic heterocycles. The van der Waals surface area contributed by atoms with E-state index in [4.69, 9.17) is 5.73 Å². The molecule has 1 heterocycles. The lowest BCUT2D eigenvalue weighted by Gasteiger charge is -2.21. The van der Waals surface area contributed by atoms with E-state index in [9.17, 15) is 0 Å². The molecule has 1 aliphatic carbocycles. The molecule has 0 amide bonds. The Labute approximate surface area is 105 Å². The minimum absolute atomic E-state index is 0.506. The summed E-state index contributed by atoms with van der Waals surface area (Å²) in [5, 5.41) is 3.46. The summed E-state index contributed by atoms with van der Waals surface area (Å²) in [5.41, 5.74) is 6.63. The van der Waals surface area contributed by atoms with Crippen LogP contribution in [0.2, 0.25) is 0 Å². The Morgan fingerprint density at radius 1 is 1.44 bits per heavy atom. The second kappa shape index (κ2) is 4.62. The summed E-state index contributed by atoms with van der Waals surface area (Å²) in [6, 6.07) is 2.39. The summed E-state index contributed by atoms with van der Waals surface area (Å²) < 4.78 is 0.920. The van der Waals surface area contributed by atoms with E-state index in [1.165, 1.54) is 12.8 Å². The van der Waals surface area contributed by atoms with Gasteiger partial charge in [-0.15, -0.1) is 0 Å². The summed E-state index contributed by atoms with van der Waals surface area (Å²) in [5.74, 6) is 2.29. The molecule has 1 aliphatic rings. The number of anilines is 2. The molecule has 0 saturated heterocycles. The largest absolute Gasteiger partial charge is 0.396 e. The first-order valence-corrected chi connectivity index (χ1v) is 6.55. The van der Waals surface area contributed by atoms with Crippen molar-refractivity contribution in [1.29, 1.82) is 0 Å². The van der Waals surface area contributed by atoms with E-state index in [-0.39, 0.29) is 0 Å². The maximum absolute atomic E-state index is 5.92. The number of nitrogens with one attached hydrogen (secondary N) is 1. The normalized spacial score (nSPS) is 29.3. The monoisotopic (exact) mass is 283 g/mol. The second-order valence-electron chi connectivity index (χ2n) is 4.76. The number of rotatable bonds is 2. The van der Waals surface area contributed by atoms with E-state index in [1.54, 1.807) is 6.20 Å². The van der Waals surface area contributed by atoms with Crippen molar-refractivity contribution in [2.24, 2.45) is 11.8 Å². The van der Waals surface area contributed by atoms with Crippen molar-refractivity contribution in [3.63, 3.8) is 0 Å². The third kappa shape index (κ3) is 2.32. The fourth-order valence-corrected chi connectivity index (χ4v) is 2.67. The minimum Gasteiger partial charge on any atom is -0.396 e. The van der Waals surface area contributed by atoms with Gasteiger partial charge in [0.1, 0.15) is 5.82 Å². The third-order valence-electron chi connectivity index (χ3n) is 3.67. The van der Waals surface area contributed by atoms with Crippen molar-refractivity contribution >= 4 is 27.4 Å². The number of nitrogens with zero attached hydrogens (tertiary/aromatic N) is 1. The van der Waals surface area contributed by atoms with Gasteiger partial charge >= 0.3 is 0 Å². The summed E-state index contributed by atoms with van der Waals surface area (Å²) in [4.78, 5) is 4.32. The van der Waals surface area contributed by atoms with Crippen LogP contribution in [0.25, 0.3) is 0 Å². The number of nitrogens with two attached hydrogens (primary N) is 1. The lowest BCUT2D eigenvalue weighted by molar-refractivity contribution is 0.435. The molecular weight excluding hydrogens is 266 g/mol. The average Bonchev–Trinajstić information content (AvgIpc) is 2.54. The molecule has 0 spiro atoms. The Balaban J connectivity index is 2.09. The van der Waals surface area contributed by atoms with Gasteiger partial charge in [-0.3, -0.25) is 0 Å². The third-order valence-corrected chi connectivity index (χ3v) is 4.10. The van der Waals surface area contributed by atoms with Crippen LogP contribution in [0.5, 0.6) is 0 Å². The van der Waals surface area contributed by atoms with E-state index >= 15 is 0 Å². The highest BCUT2D eigenvalue weighted by Crippen LogP contribution is 2.34. The number of aromatic nitrogens is 1. The number of hydrogen-bond acceptors (Lipinski definition) is 3. The maximum Gasteiger partial charge on any atom is 0.149 e. The first-order chi connectivity index (χ1) is 7.58. The van der Waals surface area contributed by atoms with Gasteiger partial charge in [-0.1, -0.05) is 13.8 Å². The van der Waals surface area contributed by atoms with Crippen molar-refractivity contribution in [2.75, 3.05) is 11.1 Å². The van der Waals surface area contributed by atoms with Gasteiger partial charge in [-0.25, -0.2) is 4.98 Å². The zero-order valence-corrected chi connectivity index (χ0v) is 11.3. The van der Waals surface area contributed by atoms with Gasteiger partial charge in [0.25, 0.3) is 0 Å². The molecule has 0 radical (unpaired) electrons. The molecule has 3 nitrogen and oxygen atoms in total. The fourth-order valence-electron chi connectivity index (χ4n) is 2.32. The summed E-state index contributed by atoms with van der Waals surface area (Å²) in [7, 11) is 0. The molecule has 2 rings (SSSR count). The molecule has 88 valence electrons. The van der Waals surface area contributed by atoms with Gasteiger partial charge in [-0.05, 0) is 46.7 Å². The van der Waals surface area contributed by atoms with Crippen molar-refractivity contribution in [3.05, 3.63) is 16.7 Å². The van der Waals surface area contributed by atoms with Gasteiger partial charge in [0.2, 0.25) is 0 Å². The number of pyridine rings is 1. The molecule has 3 N–H and O–H groups in total. The van der Waals surface area contributed by atoms with E-state index in [1.807, 2.05) is 6.07 Å². The summed E-state index contributed by atoms with van der Waals surface area (Å²) in [6.45, 7) is 4.61. The topological polar surface area (TPSA) is 50.9 Å². The minimum atomic E-state index is 0.506. The van der Waals surface area contributed by atoms with Crippen LogP contribution in [0.1, 0.15) is 26.7 Å². The summed E-state index contributed by atoms with van der Waals surface area (Å²) in [6.07, 6.45) is 4.27. The van der Waals surface area contributed by atoms with Crippen LogP contribution in [0.3, 0.4) is 0 Å². The Kier molecular flexibility index (Phi) is 3.38. The molecular formula is C12H18BrN3. The van der Waals surface area contributed by atoms with Crippen LogP contribution in [0.15, 0.2) is 16.7 Å². The van der Waals surface area contributed by atoms with Crippen LogP contribution in [-0.4, -0.2) is 11.0 Å². The molecule has 0 bridgehead atoms. The molecule has 1 saturated carbocycles. The highest BCUT2D eigenvalue weighted by atomic mass is 79.9. The lowest BCUT2D eigenvalue weighted by Crippen LogP contribution is -2.25. The molecule has 1 fully saturated rings. The van der Waals surface area contributed by atoms with Gasteiger partial charge in [-0.2, -0.15) is 0 Å². The van der Waals surface area contributed by atoms with E-state index in [0.29, 0.717) is 17.6 Å². The molecule has 3 unspecified atom stereocenters. The molecule has 0 aromatic carbocycles. The first-order valence-electron chi connectivity index (χ1n) is 5.75. The van der Waals surface area contributed by atoms with Crippen LogP contribution in [-0.2, 0) is 0 Å². The molecule has 1 aromatic heterocycles. The standard InChI is InChI=1S/C12H18BrN3/c1-7-3-4-11(8(7)2)16-12-10(14)5-9(13)6-15-12/h5-8,11H,3-4,14H2,1-2H3,(H,15,16). The van der Waals surface area contributed by atoms with E-state index < -0.39 is 0 Å². The zero-order chi connectivity index (χ0) is 11.7. The average molecular weight is 284 g/mol. The first kappa shape index (κ1) is 11.7. The SMILES string of the molecule is CC1CCC(Nc2ncc(Br)cc2N)C1C. The van der Waals surface area contributed by atoms with Crippen LogP contribution >= 0.6 is 15.9 Å². The maximum atomic E-state index is 5.92. The molecule has 16 heavy (non-hydrogen) atoms. The number of hydrogen-bond donors (Lipinski definition) is 2. The van der Waals surface area contributed by atoms with Gasteiger partial charge in [0.15, 0.2) is 0 Å². The van der Waals surface area contributed by atoms with Crippen molar-refractivity contribution in [3.8, 4) is 0 Å². The Morgan fingerprint density at radius 2 is 2.19 bits per heavy atom. The van der Waals surface area contributed by atoms with Crippen LogP contribution < -0.4 is 11.1 Å². The fraction of sp³-hybridized carbons (Fsp3) is 0.583. The highest BCUT2D eigenvalue weighted by Gasteiger charge is 2.30. The number of halogens is 1.